The Morgan fingerprint density at radius 2 is 0.943 bits per heavy atom. The molecule has 0 aromatic carbocycles. The van der Waals surface area contributed by atoms with Crippen LogP contribution < -0.4 is 5.73 Å². The maximum Gasteiger partial charge on any atom is 0.0701 e. The first-order chi connectivity index (χ1) is 17.2. The lowest BCUT2D eigenvalue weighted by Crippen LogP contribution is -2.32. The summed E-state index contributed by atoms with van der Waals surface area (Å²) in [5, 5.41) is 0. The van der Waals surface area contributed by atoms with Crippen molar-refractivity contribution in [3.8, 4) is 0 Å². The van der Waals surface area contributed by atoms with Crippen molar-refractivity contribution in [3.63, 3.8) is 0 Å². The fraction of sp³-hybridized carbons (Fsp3) is 0.871. The van der Waals surface area contributed by atoms with E-state index < -0.39 is 0 Å². The topological polar surface area (TPSA) is 53.7 Å². The van der Waals surface area contributed by atoms with E-state index in [0.717, 1.165) is 32.4 Å². The first-order valence-electron chi connectivity index (χ1n) is 14.8. The van der Waals surface area contributed by atoms with E-state index in [-0.39, 0.29) is 5.41 Å². The van der Waals surface area contributed by atoms with Gasteiger partial charge < -0.3 is 19.9 Å². The molecule has 0 heterocycles. The van der Waals surface area contributed by atoms with Crippen LogP contribution in [0.3, 0.4) is 0 Å². The van der Waals surface area contributed by atoms with Gasteiger partial charge in [-0.1, -0.05) is 89.2 Å². The van der Waals surface area contributed by atoms with Gasteiger partial charge in [-0.25, -0.2) is 0 Å². The smallest absolute Gasteiger partial charge is 0.0701 e. The minimum Gasteiger partial charge on any atom is -0.382 e. The predicted molar refractivity (Wildman–Crippen MR) is 153 cm³/mol. The number of ether oxygens (including phenoxy) is 3. The number of nitrogens with two attached hydrogens (primary N) is 1. The standard InChI is InChI=1S/C31H61NO3/c1-4-6-8-10-12-14-16-18-20-22-31(30-32,24-25-34-28-29-35-27-26-33-3)23-21-19-17-15-13-11-9-7-5-2/h4-5H,1-2,6-30,32H2,3H3. The molecular formula is C31H61NO3. The van der Waals surface area contributed by atoms with Crippen molar-refractivity contribution in [2.75, 3.05) is 46.7 Å². The Kier molecular flexibility index (Phi) is 27.4. The maximum atomic E-state index is 6.41. The molecule has 0 unspecified atom stereocenters. The largest absolute Gasteiger partial charge is 0.382 e. The lowest BCUT2D eigenvalue weighted by molar-refractivity contribution is 0.0149. The maximum absolute atomic E-state index is 6.41. The molecule has 0 aliphatic carbocycles. The van der Waals surface area contributed by atoms with Crippen molar-refractivity contribution in [2.24, 2.45) is 11.1 Å². The summed E-state index contributed by atoms with van der Waals surface area (Å²) in [7, 11) is 1.70. The molecule has 0 atom stereocenters. The van der Waals surface area contributed by atoms with Gasteiger partial charge in [0.15, 0.2) is 0 Å². The molecule has 0 aliphatic rings. The molecule has 0 radical (unpaired) electrons. The molecule has 0 saturated carbocycles. The molecule has 2 N–H and O–H groups in total. The van der Waals surface area contributed by atoms with Gasteiger partial charge in [0.1, 0.15) is 0 Å². The van der Waals surface area contributed by atoms with Crippen LogP contribution in [0.25, 0.3) is 0 Å². The second-order valence-corrected chi connectivity index (χ2v) is 10.3. The molecule has 4 nitrogen and oxygen atoms in total. The highest BCUT2D eigenvalue weighted by molar-refractivity contribution is 4.81. The molecular weight excluding hydrogens is 434 g/mol. The average Bonchev–Trinajstić information content (AvgIpc) is 2.87. The zero-order valence-electron chi connectivity index (χ0n) is 23.5. The summed E-state index contributed by atoms with van der Waals surface area (Å²) < 4.78 is 16.4. The van der Waals surface area contributed by atoms with E-state index in [1.165, 1.54) is 103 Å². The summed E-state index contributed by atoms with van der Waals surface area (Å²) in [5.74, 6) is 0. The predicted octanol–water partition coefficient (Wildman–Crippen LogP) is 8.40. The van der Waals surface area contributed by atoms with Crippen molar-refractivity contribution >= 4 is 0 Å². The molecule has 0 rings (SSSR count). The van der Waals surface area contributed by atoms with Crippen LogP contribution in [0.2, 0.25) is 0 Å². The summed E-state index contributed by atoms with van der Waals surface area (Å²) in [4.78, 5) is 0. The third-order valence-corrected chi connectivity index (χ3v) is 7.24. The van der Waals surface area contributed by atoms with Gasteiger partial charge in [-0.15, -0.1) is 13.2 Å². The van der Waals surface area contributed by atoms with Gasteiger partial charge >= 0.3 is 0 Å². The zero-order chi connectivity index (χ0) is 25.7. The van der Waals surface area contributed by atoms with Crippen LogP contribution in [0, 0.1) is 5.41 Å². The summed E-state index contributed by atoms with van der Waals surface area (Å²) in [5.41, 5.74) is 6.65. The Bertz CT molecular complexity index is 415. The highest BCUT2D eigenvalue weighted by atomic mass is 16.5. The van der Waals surface area contributed by atoms with Gasteiger partial charge in [-0.05, 0) is 56.9 Å². The Hall–Kier alpha value is -0.680. The quantitative estimate of drug-likeness (QED) is 0.0803. The van der Waals surface area contributed by atoms with Crippen molar-refractivity contribution in [1.82, 2.24) is 0 Å². The normalized spacial score (nSPS) is 11.7. The monoisotopic (exact) mass is 495 g/mol. The Labute approximate surface area is 219 Å². The molecule has 0 aliphatic heterocycles. The fourth-order valence-corrected chi connectivity index (χ4v) is 4.78. The van der Waals surface area contributed by atoms with Gasteiger partial charge in [0.2, 0.25) is 0 Å². The first-order valence-corrected chi connectivity index (χ1v) is 14.8. The van der Waals surface area contributed by atoms with Crippen LogP contribution in [-0.2, 0) is 14.2 Å². The summed E-state index contributed by atoms with van der Waals surface area (Å²) in [6.45, 7) is 11.8. The highest BCUT2D eigenvalue weighted by Crippen LogP contribution is 2.34. The SMILES string of the molecule is C=CCCCCCCCCCC(CN)(CCCCCCCCCC=C)CCOCCOCCOC. The highest BCUT2D eigenvalue weighted by Gasteiger charge is 2.27. The molecule has 0 amide bonds. The number of allylic oxidation sites excluding steroid dienone is 2. The molecule has 35 heavy (non-hydrogen) atoms. The van der Waals surface area contributed by atoms with Crippen LogP contribution >= 0.6 is 0 Å². The molecule has 0 fully saturated rings. The van der Waals surface area contributed by atoms with Crippen LogP contribution in [0.5, 0.6) is 0 Å². The molecule has 208 valence electrons. The summed E-state index contributed by atoms with van der Waals surface area (Å²) in [6, 6.07) is 0. The van der Waals surface area contributed by atoms with Crippen LogP contribution in [-0.4, -0.2) is 46.7 Å². The Morgan fingerprint density at radius 3 is 1.37 bits per heavy atom. The third-order valence-electron chi connectivity index (χ3n) is 7.24. The number of hydrogen-bond acceptors (Lipinski definition) is 4. The van der Waals surface area contributed by atoms with Gasteiger partial charge in [0.25, 0.3) is 0 Å². The van der Waals surface area contributed by atoms with Crippen LogP contribution in [0.15, 0.2) is 25.3 Å². The number of rotatable bonds is 30. The molecule has 0 bridgehead atoms. The number of hydrogen-bond donors (Lipinski definition) is 1. The summed E-state index contributed by atoms with van der Waals surface area (Å²) in [6.07, 6.45) is 28.7. The van der Waals surface area contributed by atoms with Crippen molar-refractivity contribution < 1.29 is 14.2 Å². The molecule has 0 aromatic rings. The summed E-state index contributed by atoms with van der Waals surface area (Å²) >= 11 is 0. The number of unbranched alkanes of at least 4 members (excludes halogenated alkanes) is 14. The van der Waals surface area contributed by atoms with Crippen molar-refractivity contribution in [3.05, 3.63) is 25.3 Å². The van der Waals surface area contributed by atoms with Gasteiger partial charge in [0, 0.05) is 13.7 Å². The molecule has 0 aromatic heterocycles. The van der Waals surface area contributed by atoms with Gasteiger partial charge in [-0.3, -0.25) is 0 Å². The van der Waals surface area contributed by atoms with Crippen molar-refractivity contribution in [1.29, 1.82) is 0 Å². The Morgan fingerprint density at radius 1 is 0.543 bits per heavy atom. The minimum absolute atomic E-state index is 0.241. The molecule has 0 spiro atoms. The molecule has 0 saturated heterocycles. The Balaban J connectivity index is 4.24. The number of methoxy groups -OCH3 is 1. The second-order valence-electron chi connectivity index (χ2n) is 10.3. The van der Waals surface area contributed by atoms with E-state index in [2.05, 4.69) is 13.2 Å². The van der Waals surface area contributed by atoms with E-state index in [1.807, 2.05) is 12.2 Å². The van der Waals surface area contributed by atoms with Gasteiger partial charge in [-0.2, -0.15) is 0 Å². The van der Waals surface area contributed by atoms with Crippen LogP contribution in [0.1, 0.15) is 122 Å². The van der Waals surface area contributed by atoms with E-state index in [4.69, 9.17) is 19.9 Å². The third kappa shape index (κ3) is 23.5. The second kappa shape index (κ2) is 27.9. The van der Waals surface area contributed by atoms with Crippen LogP contribution in [0.4, 0.5) is 0 Å². The van der Waals surface area contributed by atoms with E-state index in [0.29, 0.717) is 26.4 Å². The lowest BCUT2D eigenvalue weighted by atomic mass is 9.75. The van der Waals surface area contributed by atoms with E-state index >= 15 is 0 Å². The fourth-order valence-electron chi connectivity index (χ4n) is 4.78. The minimum atomic E-state index is 0.241. The average molecular weight is 496 g/mol. The van der Waals surface area contributed by atoms with Gasteiger partial charge in [0.05, 0.1) is 26.4 Å². The first kappa shape index (κ1) is 34.3. The van der Waals surface area contributed by atoms with E-state index in [9.17, 15) is 0 Å². The lowest BCUT2D eigenvalue weighted by Gasteiger charge is -2.33. The van der Waals surface area contributed by atoms with E-state index in [1.54, 1.807) is 7.11 Å². The molecule has 4 heteroatoms. The zero-order valence-corrected chi connectivity index (χ0v) is 23.5. The van der Waals surface area contributed by atoms with Crippen molar-refractivity contribution in [2.45, 2.75) is 122 Å².